The summed E-state index contributed by atoms with van der Waals surface area (Å²) in [5.41, 5.74) is 5.54. The summed E-state index contributed by atoms with van der Waals surface area (Å²) in [5.74, 6) is -0.929. The van der Waals surface area contributed by atoms with Crippen LogP contribution in [0.5, 0.6) is 0 Å². The Bertz CT molecular complexity index is 1280. The molecule has 1 aromatic heterocycles. The van der Waals surface area contributed by atoms with Crippen LogP contribution in [0.3, 0.4) is 0 Å². The van der Waals surface area contributed by atoms with Crippen molar-refractivity contribution >= 4 is 11.9 Å². The molecule has 3 aromatic rings. The van der Waals surface area contributed by atoms with Gasteiger partial charge in [-0.3, -0.25) is 9.69 Å². The van der Waals surface area contributed by atoms with E-state index >= 15 is 0 Å². The van der Waals surface area contributed by atoms with Gasteiger partial charge in [-0.2, -0.15) is 4.39 Å². The normalized spacial score (nSPS) is 22.6. The third-order valence-electron chi connectivity index (χ3n) is 7.76. The van der Waals surface area contributed by atoms with Gasteiger partial charge in [-0.15, -0.1) is 0 Å². The third-order valence-corrected chi connectivity index (χ3v) is 7.76. The van der Waals surface area contributed by atoms with Crippen LogP contribution in [0.15, 0.2) is 60.7 Å². The molecule has 2 aliphatic heterocycles. The number of aryl methyl sites for hydroxylation is 1. The number of fused-ring (bicyclic) bond motifs is 5. The molecule has 6 rings (SSSR count). The van der Waals surface area contributed by atoms with Crippen molar-refractivity contribution in [1.82, 2.24) is 9.88 Å². The number of pyridine rings is 1. The molecule has 184 valence electrons. The molecule has 0 spiro atoms. The second kappa shape index (κ2) is 9.13. The zero-order chi connectivity index (χ0) is 24.8. The molecule has 2 unspecified atom stereocenters. The molecule has 2 aromatic carbocycles. The Morgan fingerprint density at radius 1 is 0.972 bits per heavy atom. The summed E-state index contributed by atoms with van der Waals surface area (Å²) < 4.78 is 25.1. The summed E-state index contributed by atoms with van der Waals surface area (Å²) in [6.07, 6.45) is 0.604. The molecule has 0 radical (unpaired) electrons. The fraction of sp³-hybridized carbons (Fsp3) is 0.345. The van der Waals surface area contributed by atoms with E-state index in [1.54, 1.807) is 11.8 Å². The molecule has 1 aliphatic carbocycles. The summed E-state index contributed by atoms with van der Waals surface area (Å²) in [4.78, 5) is 32.2. The van der Waals surface area contributed by atoms with Gasteiger partial charge >= 0.3 is 6.09 Å². The molecule has 3 heterocycles. The maximum Gasteiger partial charge on any atom is 0.410 e. The molecule has 0 saturated carbocycles. The molecule has 1 amide bonds. The highest BCUT2D eigenvalue weighted by Gasteiger charge is 2.45. The average Bonchev–Trinajstić information content (AvgIpc) is 3.20. The van der Waals surface area contributed by atoms with E-state index in [1.165, 1.54) is 34.4 Å². The SMILES string of the molecule is Cc1nc(F)ccc1C(=O)C1CC2COCC(C1)N2C(=O)OCC1c2ccccc2-c2ccccc21. The quantitative estimate of drug-likeness (QED) is 0.377. The summed E-state index contributed by atoms with van der Waals surface area (Å²) in [5, 5.41) is 0. The first-order valence-electron chi connectivity index (χ1n) is 12.4. The van der Waals surface area contributed by atoms with E-state index in [9.17, 15) is 14.0 Å². The molecular weight excluding hydrogens is 459 g/mol. The second-order valence-corrected chi connectivity index (χ2v) is 9.86. The number of hydrogen-bond donors (Lipinski definition) is 0. The van der Waals surface area contributed by atoms with Gasteiger partial charge in [-0.1, -0.05) is 48.5 Å². The van der Waals surface area contributed by atoms with Crippen LogP contribution in [0.4, 0.5) is 9.18 Å². The van der Waals surface area contributed by atoms with Crippen LogP contribution < -0.4 is 0 Å². The van der Waals surface area contributed by atoms with Crippen molar-refractivity contribution in [3.8, 4) is 11.1 Å². The second-order valence-electron chi connectivity index (χ2n) is 9.86. The summed E-state index contributed by atoms with van der Waals surface area (Å²) in [7, 11) is 0. The smallest absolute Gasteiger partial charge is 0.410 e. The van der Waals surface area contributed by atoms with Gasteiger partial charge in [-0.05, 0) is 54.2 Å². The van der Waals surface area contributed by atoms with Crippen molar-refractivity contribution in [2.24, 2.45) is 5.92 Å². The highest BCUT2D eigenvalue weighted by molar-refractivity contribution is 5.99. The number of hydrogen-bond acceptors (Lipinski definition) is 5. The number of Topliss-reactive ketones (excluding diaryl/α,β-unsaturated/α-hetero) is 1. The summed E-state index contributed by atoms with van der Waals surface area (Å²) in [6, 6.07) is 18.7. The lowest BCUT2D eigenvalue weighted by Crippen LogP contribution is -2.60. The minimum atomic E-state index is -0.598. The number of benzene rings is 2. The number of rotatable bonds is 4. The van der Waals surface area contributed by atoms with E-state index in [2.05, 4.69) is 29.2 Å². The zero-order valence-corrected chi connectivity index (χ0v) is 20.0. The van der Waals surface area contributed by atoms with Gasteiger partial charge in [0.25, 0.3) is 0 Å². The Balaban J connectivity index is 1.17. The number of ketones is 1. The third kappa shape index (κ3) is 3.88. The number of halogens is 1. The summed E-state index contributed by atoms with van der Waals surface area (Å²) >= 11 is 0. The fourth-order valence-corrected chi connectivity index (χ4v) is 6.11. The Morgan fingerprint density at radius 2 is 1.58 bits per heavy atom. The monoisotopic (exact) mass is 486 g/mol. The zero-order valence-electron chi connectivity index (χ0n) is 20.0. The fourth-order valence-electron chi connectivity index (χ4n) is 6.11. The number of ether oxygens (including phenoxy) is 2. The van der Waals surface area contributed by atoms with E-state index in [1.807, 2.05) is 24.3 Å². The largest absolute Gasteiger partial charge is 0.448 e. The van der Waals surface area contributed by atoms with Crippen LogP contribution in [-0.4, -0.2) is 53.7 Å². The summed E-state index contributed by atoms with van der Waals surface area (Å²) in [6.45, 7) is 2.63. The Kier molecular flexibility index (Phi) is 5.80. The molecule has 2 fully saturated rings. The van der Waals surface area contributed by atoms with Gasteiger partial charge in [0, 0.05) is 17.4 Å². The molecule has 7 heteroatoms. The van der Waals surface area contributed by atoms with Crippen LogP contribution in [0.25, 0.3) is 11.1 Å². The van der Waals surface area contributed by atoms with E-state index in [-0.39, 0.29) is 42.4 Å². The van der Waals surface area contributed by atoms with Gasteiger partial charge in [0.15, 0.2) is 5.78 Å². The molecule has 2 saturated heterocycles. The minimum absolute atomic E-state index is 0.00879. The Hall–Kier alpha value is -3.58. The van der Waals surface area contributed by atoms with Gasteiger partial charge in [0.05, 0.1) is 31.0 Å². The number of morpholine rings is 1. The van der Waals surface area contributed by atoms with Crippen molar-refractivity contribution < 1.29 is 23.5 Å². The number of piperidine rings is 1. The molecule has 0 N–H and O–H groups in total. The first-order chi connectivity index (χ1) is 17.5. The van der Waals surface area contributed by atoms with Crippen molar-refractivity contribution in [3.05, 3.63) is 89.0 Å². The van der Waals surface area contributed by atoms with E-state index in [0.717, 1.165) is 0 Å². The van der Waals surface area contributed by atoms with E-state index < -0.39 is 5.95 Å². The van der Waals surface area contributed by atoms with Gasteiger partial charge < -0.3 is 9.47 Å². The highest BCUT2D eigenvalue weighted by atomic mass is 19.1. The average molecular weight is 487 g/mol. The molecule has 36 heavy (non-hydrogen) atoms. The minimum Gasteiger partial charge on any atom is -0.448 e. The highest BCUT2D eigenvalue weighted by Crippen LogP contribution is 2.44. The first kappa shape index (κ1) is 22.9. The predicted octanol–water partition coefficient (Wildman–Crippen LogP) is 5.14. The van der Waals surface area contributed by atoms with Gasteiger partial charge in [0.2, 0.25) is 5.95 Å². The van der Waals surface area contributed by atoms with E-state index in [0.29, 0.717) is 37.3 Å². The molecule has 2 atom stereocenters. The first-order valence-corrected chi connectivity index (χ1v) is 12.4. The number of nitrogens with zero attached hydrogens (tertiary/aromatic N) is 2. The maximum atomic E-state index is 13.4. The van der Waals surface area contributed by atoms with Crippen molar-refractivity contribution in [3.63, 3.8) is 0 Å². The number of carbonyl (C=O) groups excluding carboxylic acids is 2. The maximum absolute atomic E-state index is 13.4. The number of aromatic nitrogens is 1. The lowest BCUT2D eigenvalue weighted by atomic mass is 9.80. The van der Waals surface area contributed by atoms with Crippen LogP contribution in [-0.2, 0) is 9.47 Å². The number of amides is 1. The molecular formula is C29H27FN2O4. The van der Waals surface area contributed by atoms with Crippen molar-refractivity contribution in [1.29, 1.82) is 0 Å². The van der Waals surface area contributed by atoms with Gasteiger partial charge in [0.1, 0.15) is 6.61 Å². The Labute approximate surface area is 209 Å². The molecule has 3 aliphatic rings. The van der Waals surface area contributed by atoms with Crippen LogP contribution >= 0.6 is 0 Å². The van der Waals surface area contributed by atoms with Crippen LogP contribution in [0.2, 0.25) is 0 Å². The van der Waals surface area contributed by atoms with Gasteiger partial charge in [-0.25, -0.2) is 9.78 Å². The van der Waals surface area contributed by atoms with Crippen LogP contribution in [0.1, 0.15) is 45.9 Å². The van der Waals surface area contributed by atoms with Crippen molar-refractivity contribution in [2.75, 3.05) is 19.8 Å². The van der Waals surface area contributed by atoms with Crippen molar-refractivity contribution in [2.45, 2.75) is 37.8 Å². The standard InChI is InChI=1S/C29H27FN2O4/c1-17-21(10-11-27(30)31-17)28(33)18-12-19-14-35-15-20(13-18)32(19)29(34)36-16-26-24-8-4-2-6-22(24)23-7-3-5-9-25(23)26/h2-11,18-20,26H,12-16H2,1H3. The molecule has 6 nitrogen and oxygen atoms in total. The lowest BCUT2D eigenvalue weighted by molar-refractivity contribution is -0.0747. The lowest BCUT2D eigenvalue weighted by Gasteiger charge is -2.47. The topological polar surface area (TPSA) is 68.7 Å². The predicted molar refractivity (Wildman–Crippen MR) is 131 cm³/mol. The molecule has 2 bridgehead atoms. The number of carbonyl (C=O) groups is 2. The van der Waals surface area contributed by atoms with Crippen LogP contribution in [0, 0.1) is 18.8 Å². The van der Waals surface area contributed by atoms with E-state index in [4.69, 9.17) is 9.47 Å². The Morgan fingerprint density at radius 3 is 2.19 bits per heavy atom.